The summed E-state index contributed by atoms with van der Waals surface area (Å²) in [7, 11) is 0. The number of hydrogen-bond donors (Lipinski definition) is 2. The first kappa shape index (κ1) is 17.5. The van der Waals surface area contributed by atoms with Crippen LogP contribution in [0.25, 0.3) is 0 Å². The number of hydrogen-bond acceptors (Lipinski definition) is 3. The average molecular weight is 303 g/mol. The van der Waals surface area contributed by atoms with Crippen LogP contribution in [-0.4, -0.2) is 24.0 Å². The molecule has 0 aromatic heterocycles. The van der Waals surface area contributed by atoms with Crippen molar-refractivity contribution in [2.24, 2.45) is 5.92 Å². The van der Waals surface area contributed by atoms with E-state index in [0.717, 1.165) is 6.07 Å². The summed E-state index contributed by atoms with van der Waals surface area (Å²) < 4.78 is 43.4. The highest BCUT2D eigenvalue weighted by atomic mass is 19.4. The molecule has 0 amide bonds. The van der Waals surface area contributed by atoms with E-state index in [2.05, 4.69) is 0 Å². The molecule has 0 radical (unpaired) electrons. The summed E-state index contributed by atoms with van der Waals surface area (Å²) in [6.07, 6.45) is -2.91. The van der Waals surface area contributed by atoms with E-state index in [1.165, 1.54) is 18.2 Å². The molecule has 0 saturated carbocycles. The van der Waals surface area contributed by atoms with Gasteiger partial charge in [0.15, 0.2) is 0 Å². The lowest BCUT2D eigenvalue weighted by Crippen LogP contribution is -2.17. The van der Waals surface area contributed by atoms with Crippen LogP contribution in [0, 0.1) is 11.3 Å². The van der Waals surface area contributed by atoms with Crippen molar-refractivity contribution >= 4 is 5.71 Å². The second kappa shape index (κ2) is 8.02. The topological polar surface area (TPSA) is 53.3 Å². The third-order valence-corrected chi connectivity index (χ3v) is 3.25. The molecule has 0 aliphatic carbocycles. The van der Waals surface area contributed by atoms with Crippen LogP contribution < -0.4 is 4.74 Å². The Balaban J connectivity index is 2.49. The van der Waals surface area contributed by atoms with Gasteiger partial charge in [-0.1, -0.05) is 19.1 Å². The zero-order valence-electron chi connectivity index (χ0n) is 11.9. The Hall–Kier alpha value is -1.56. The molecule has 0 aliphatic heterocycles. The minimum Gasteiger partial charge on any atom is -0.493 e. The van der Waals surface area contributed by atoms with E-state index in [4.69, 9.17) is 15.3 Å². The van der Waals surface area contributed by atoms with E-state index < -0.39 is 11.7 Å². The predicted molar refractivity (Wildman–Crippen MR) is 74.8 cm³/mol. The van der Waals surface area contributed by atoms with Gasteiger partial charge in [0.1, 0.15) is 5.75 Å². The van der Waals surface area contributed by atoms with Crippen molar-refractivity contribution in [2.75, 3.05) is 13.2 Å². The molecule has 0 bridgehead atoms. The molecule has 1 aromatic rings. The number of benzene rings is 1. The van der Waals surface area contributed by atoms with Crippen LogP contribution in [0.15, 0.2) is 24.3 Å². The molecule has 0 aliphatic rings. The maximum atomic E-state index is 12.7. The van der Waals surface area contributed by atoms with Crippen molar-refractivity contribution < 1.29 is 23.0 Å². The van der Waals surface area contributed by atoms with Crippen molar-refractivity contribution in [1.29, 1.82) is 5.41 Å². The maximum Gasteiger partial charge on any atom is 0.419 e. The predicted octanol–water partition coefficient (Wildman–Crippen LogP) is 3.90. The second-order valence-electron chi connectivity index (χ2n) is 4.76. The quantitative estimate of drug-likeness (QED) is 0.565. The molecule has 118 valence electrons. The van der Waals surface area contributed by atoms with Gasteiger partial charge in [0, 0.05) is 11.6 Å². The van der Waals surface area contributed by atoms with E-state index in [0.29, 0.717) is 25.0 Å². The fourth-order valence-corrected chi connectivity index (χ4v) is 1.96. The van der Waals surface area contributed by atoms with Gasteiger partial charge >= 0.3 is 6.18 Å². The third-order valence-electron chi connectivity index (χ3n) is 3.25. The molecule has 21 heavy (non-hydrogen) atoms. The number of para-hydroxylation sites is 1. The molecule has 0 unspecified atom stereocenters. The summed E-state index contributed by atoms with van der Waals surface area (Å²) >= 11 is 0. The van der Waals surface area contributed by atoms with Crippen LogP contribution in [0.3, 0.4) is 0 Å². The molecule has 1 aromatic carbocycles. The Bertz CT molecular complexity index is 456. The Kier molecular flexibility index (Phi) is 6.68. The fraction of sp³-hybridized carbons (Fsp3) is 0.533. The lowest BCUT2D eigenvalue weighted by molar-refractivity contribution is -0.138. The molecular weight excluding hydrogens is 283 g/mol. The van der Waals surface area contributed by atoms with Crippen LogP contribution in [0.4, 0.5) is 13.2 Å². The van der Waals surface area contributed by atoms with Gasteiger partial charge in [-0.2, -0.15) is 13.2 Å². The highest BCUT2D eigenvalue weighted by Crippen LogP contribution is 2.35. The normalized spacial score (nSPS) is 13.0. The highest BCUT2D eigenvalue weighted by Gasteiger charge is 2.33. The summed E-state index contributed by atoms with van der Waals surface area (Å²) in [5.74, 6) is -0.363. The first-order valence-electron chi connectivity index (χ1n) is 6.87. The molecule has 3 nitrogen and oxygen atoms in total. The minimum absolute atomic E-state index is 0.0763. The van der Waals surface area contributed by atoms with Crippen molar-refractivity contribution in [3.8, 4) is 5.75 Å². The van der Waals surface area contributed by atoms with Gasteiger partial charge in [0.2, 0.25) is 0 Å². The Morgan fingerprint density at radius 3 is 2.57 bits per heavy atom. The summed E-state index contributed by atoms with van der Waals surface area (Å²) in [6, 6.07) is 5.08. The standard InChI is InChI=1S/C15H20F3NO2/c1-2-11(10-20)13(19)7-5-9-21-14-8-4-3-6-12(14)15(16,17)18/h3-4,6,8,11,19-20H,2,5,7,9-10H2,1H3/t11-/m1/s1. The molecule has 0 saturated heterocycles. The van der Waals surface area contributed by atoms with Gasteiger partial charge in [0.05, 0.1) is 18.8 Å². The summed E-state index contributed by atoms with van der Waals surface area (Å²) in [5.41, 5.74) is -0.380. The van der Waals surface area contributed by atoms with Crippen molar-refractivity contribution in [1.82, 2.24) is 0 Å². The average Bonchev–Trinajstić information content (AvgIpc) is 2.44. The van der Waals surface area contributed by atoms with Gasteiger partial charge in [-0.15, -0.1) is 0 Å². The molecule has 0 spiro atoms. The minimum atomic E-state index is -4.44. The lowest BCUT2D eigenvalue weighted by atomic mass is 9.98. The third kappa shape index (κ3) is 5.38. The van der Waals surface area contributed by atoms with Crippen LogP contribution in [0.5, 0.6) is 5.75 Å². The van der Waals surface area contributed by atoms with E-state index in [-0.39, 0.29) is 24.9 Å². The van der Waals surface area contributed by atoms with Gasteiger partial charge in [-0.3, -0.25) is 0 Å². The van der Waals surface area contributed by atoms with E-state index in [1.54, 1.807) is 0 Å². The number of nitrogens with one attached hydrogen (secondary N) is 1. The van der Waals surface area contributed by atoms with Crippen LogP contribution >= 0.6 is 0 Å². The second-order valence-corrected chi connectivity index (χ2v) is 4.76. The Labute approximate surface area is 122 Å². The SMILES string of the molecule is CC[C@H](CO)C(=N)CCCOc1ccccc1C(F)(F)F. The van der Waals surface area contributed by atoms with Crippen LogP contribution in [-0.2, 0) is 6.18 Å². The van der Waals surface area contributed by atoms with Crippen molar-refractivity contribution in [3.63, 3.8) is 0 Å². The molecule has 1 rings (SSSR count). The molecule has 0 fully saturated rings. The zero-order valence-corrected chi connectivity index (χ0v) is 11.9. The van der Waals surface area contributed by atoms with Gasteiger partial charge in [-0.05, 0) is 31.4 Å². The first-order valence-corrected chi connectivity index (χ1v) is 6.87. The molecule has 6 heteroatoms. The van der Waals surface area contributed by atoms with E-state index in [9.17, 15) is 13.2 Å². The van der Waals surface area contributed by atoms with E-state index >= 15 is 0 Å². The lowest BCUT2D eigenvalue weighted by Gasteiger charge is -2.15. The van der Waals surface area contributed by atoms with E-state index in [1.807, 2.05) is 6.92 Å². The summed E-state index contributed by atoms with van der Waals surface area (Å²) in [4.78, 5) is 0. The molecule has 1 atom stereocenters. The summed E-state index contributed by atoms with van der Waals surface area (Å²) in [5, 5.41) is 16.8. The van der Waals surface area contributed by atoms with Crippen LogP contribution in [0.1, 0.15) is 31.7 Å². The molecule has 0 heterocycles. The number of rotatable bonds is 8. The molecular formula is C15H20F3NO2. The monoisotopic (exact) mass is 303 g/mol. The fourth-order valence-electron chi connectivity index (χ4n) is 1.96. The van der Waals surface area contributed by atoms with Gasteiger partial charge in [-0.25, -0.2) is 0 Å². The Morgan fingerprint density at radius 1 is 1.33 bits per heavy atom. The zero-order chi connectivity index (χ0) is 15.9. The number of halogens is 3. The van der Waals surface area contributed by atoms with Crippen LogP contribution in [0.2, 0.25) is 0 Å². The number of aliphatic hydroxyl groups is 1. The first-order chi connectivity index (χ1) is 9.90. The van der Waals surface area contributed by atoms with Gasteiger partial charge < -0.3 is 15.3 Å². The van der Waals surface area contributed by atoms with Gasteiger partial charge in [0.25, 0.3) is 0 Å². The number of ether oxygens (including phenoxy) is 1. The Morgan fingerprint density at radius 2 is 2.00 bits per heavy atom. The van der Waals surface area contributed by atoms with Crippen molar-refractivity contribution in [2.45, 2.75) is 32.4 Å². The largest absolute Gasteiger partial charge is 0.493 e. The maximum absolute atomic E-state index is 12.7. The molecule has 2 N–H and O–H groups in total. The van der Waals surface area contributed by atoms with Crippen molar-refractivity contribution in [3.05, 3.63) is 29.8 Å². The highest BCUT2D eigenvalue weighted by molar-refractivity contribution is 5.83. The summed E-state index contributed by atoms with van der Waals surface area (Å²) in [6.45, 7) is 1.91. The smallest absolute Gasteiger partial charge is 0.419 e. The number of alkyl halides is 3. The number of aliphatic hydroxyl groups excluding tert-OH is 1.